The largest absolute Gasteiger partial charge is 0.457 e. The predicted octanol–water partition coefficient (Wildman–Crippen LogP) is 5.56. The van der Waals surface area contributed by atoms with Crippen molar-refractivity contribution in [2.24, 2.45) is 0 Å². The Bertz CT molecular complexity index is 1420. The third-order valence-corrected chi connectivity index (χ3v) is 7.25. The molecule has 0 atom stereocenters. The number of hydrogen-bond donors (Lipinski definition) is 0. The van der Waals surface area contributed by atoms with Gasteiger partial charge in [-0.2, -0.15) is 0 Å². The molecule has 0 unspecified atom stereocenters. The van der Waals surface area contributed by atoms with E-state index in [-0.39, 0.29) is 23.0 Å². The average Bonchev–Trinajstić information content (AvgIpc) is 2.88. The van der Waals surface area contributed by atoms with Crippen LogP contribution in [0.4, 0.5) is 0 Å². The lowest BCUT2D eigenvalue weighted by molar-refractivity contribution is 0.0472. The van der Waals surface area contributed by atoms with E-state index in [4.69, 9.17) is 4.74 Å². The summed E-state index contributed by atoms with van der Waals surface area (Å²) in [6, 6.07) is 29.0. The molecule has 0 saturated carbocycles. The Balaban J connectivity index is 1.34. The first kappa shape index (κ1) is 24.1. The minimum Gasteiger partial charge on any atom is -0.457 e. The van der Waals surface area contributed by atoms with E-state index >= 15 is 0 Å². The second kappa shape index (κ2) is 10.5. The van der Waals surface area contributed by atoms with Gasteiger partial charge in [-0.25, -0.2) is 13.2 Å². The molecule has 0 spiro atoms. The summed E-state index contributed by atoms with van der Waals surface area (Å²) in [5.41, 5.74) is 3.83. The van der Waals surface area contributed by atoms with Crippen molar-refractivity contribution in [1.29, 1.82) is 0 Å². The van der Waals surface area contributed by atoms with Crippen molar-refractivity contribution < 1.29 is 22.7 Å². The number of esters is 1. The van der Waals surface area contributed by atoms with Crippen molar-refractivity contribution in [1.82, 2.24) is 0 Å². The SMILES string of the molecule is Cc1ccc(S(=O)(=O)Cc2ccc(C(=O)OCc3ccc(C(=O)c4ccccc4)cc3)cc2)cc1. The lowest BCUT2D eigenvalue weighted by Gasteiger charge is -2.08. The molecule has 0 aliphatic carbocycles. The quantitative estimate of drug-likeness (QED) is 0.242. The van der Waals surface area contributed by atoms with Gasteiger partial charge in [0, 0.05) is 11.1 Å². The van der Waals surface area contributed by atoms with Crippen LogP contribution in [0.5, 0.6) is 0 Å². The van der Waals surface area contributed by atoms with E-state index < -0.39 is 15.8 Å². The van der Waals surface area contributed by atoms with E-state index in [0.29, 0.717) is 22.3 Å². The summed E-state index contributed by atoms with van der Waals surface area (Å²) in [5, 5.41) is 0. The molecule has 0 fully saturated rings. The van der Waals surface area contributed by atoms with Crippen molar-refractivity contribution in [3.8, 4) is 0 Å². The maximum Gasteiger partial charge on any atom is 0.338 e. The molecular formula is C29H24O5S. The third-order valence-electron chi connectivity index (χ3n) is 5.55. The average molecular weight is 485 g/mol. The summed E-state index contributed by atoms with van der Waals surface area (Å²) in [5.74, 6) is -0.736. The molecule has 6 heteroatoms. The highest BCUT2D eigenvalue weighted by Gasteiger charge is 2.16. The highest BCUT2D eigenvalue weighted by molar-refractivity contribution is 7.90. The molecule has 0 aliphatic rings. The zero-order valence-electron chi connectivity index (χ0n) is 19.2. The maximum atomic E-state index is 12.6. The first-order valence-electron chi connectivity index (χ1n) is 11.1. The number of carbonyl (C=O) groups is 2. The zero-order chi connectivity index (χ0) is 24.8. The van der Waals surface area contributed by atoms with Crippen molar-refractivity contribution >= 4 is 21.6 Å². The van der Waals surface area contributed by atoms with E-state index in [1.807, 2.05) is 25.1 Å². The van der Waals surface area contributed by atoms with Crippen molar-refractivity contribution in [3.05, 3.63) is 137 Å². The molecule has 4 rings (SSSR count). The summed E-state index contributed by atoms with van der Waals surface area (Å²) in [6.07, 6.45) is 0. The molecule has 0 amide bonds. The Kier molecular flexibility index (Phi) is 7.22. The topological polar surface area (TPSA) is 77.5 Å². The van der Waals surface area contributed by atoms with Gasteiger partial charge in [0.25, 0.3) is 0 Å². The van der Waals surface area contributed by atoms with E-state index in [1.165, 1.54) is 0 Å². The third kappa shape index (κ3) is 6.11. The number of aryl methyl sites for hydroxylation is 1. The van der Waals surface area contributed by atoms with Crippen LogP contribution in [-0.2, 0) is 26.9 Å². The maximum absolute atomic E-state index is 12.6. The Morgan fingerprint density at radius 1 is 0.657 bits per heavy atom. The summed E-state index contributed by atoms with van der Waals surface area (Å²) in [7, 11) is -3.48. The molecule has 0 heterocycles. The van der Waals surface area contributed by atoms with Gasteiger partial charge >= 0.3 is 5.97 Å². The lowest BCUT2D eigenvalue weighted by Crippen LogP contribution is -2.07. The predicted molar refractivity (Wildman–Crippen MR) is 134 cm³/mol. The number of ketones is 1. The highest BCUT2D eigenvalue weighted by Crippen LogP contribution is 2.18. The Morgan fingerprint density at radius 2 is 1.20 bits per heavy atom. The zero-order valence-corrected chi connectivity index (χ0v) is 20.0. The summed E-state index contributed by atoms with van der Waals surface area (Å²) >= 11 is 0. The van der Waals surface area contributed by atoms with Crippen LogP contribution in [0, 0.1) is 6.92 Å². The number of benzene rings is 4. The van der Waals surface area contributed by atoms with Crippen LogP contribution in [-0.4, -0.2) is 20.2 Å². The molecule has 4 aromatic rings. The van der Waals surface area contributed by atoms with Gasteiger partial charge in [-0.1, -0.05) is 84.4 Å². The van der Waals surface area contributed by atoms with Crippen molar-refractivity contribution in [3.63, 3.8) is 0 Å². The second-order valence-electron chi connectivity index (χ2n) is 8.24. The van der Waals surface area contributed by atoms with Crippen LogP contribution in [0.2, 0.25) is 0 Å². The van der Waals surface area contributed by atoms with Crippen LogP contribution in [0.3, 0.4) is 0 Å². The van der Waals surface area contributed by atoms with E-state index in [9.17, 15) is 18.0 Å². The number of carbonyl (C=O) groups excluding carboxylic acids is 2. The van der Waals surface area contributed by atoms with Gasteiger partial charge in [0.2, 0.25) is 0 Å². The number of sulfone groups is 1. The molecule has 0 aromatic heterocycles. The first-order valence-corrected chi connectivity index (χ1v) is 12.7. The molecule has 176 valence electrons. The standard InChI is InChI=1S/C29H24O5S/c1-21-7-17-27(18-8-21)35(32,33)20-23-11-15-26(16-12-23)29(31)34-19-22-9-13-25(14-10-22)28(30)24-5-3-2-4-6-24/h2-18H,19-20H2,1H3. The summed E-state index contributed by atoms with van der Waals surface area (Å²) in [4.78, 5) is 25.2. The fourth-order valence-corrected chi connectivity index (χ4v) is 4.87. The molecule has 4 aromatic carbocycles. The van der Waals surface area contributed by atoms with Crippen LogP contribution in [0.1, 0.15) is 43.0 Å². The molecular weight excluding hydrogens is 460 g/mol. The molecule has 0 bridgehead atoms. The molecule has 0 aliphatic heterocycles. The minimum atomic E-state index is -3.48. The Hall–Kier alpha value is -4.03. The van der Waals surface area contributed by atoms with E-state index in [0.717, 1.165) is 11.1 Å². The molecule has 5 nitrogen and oxygen atoms in total. The van der Waals surface area contributed by atoms with Gasteiger partial charge in [0.15, 0.2) is 15.6 Å². The normalized spacial score (nSPS) is 11.1. The van der Waals surface area contributed by atoms with Gasteiger partial charge in [0.05, 0.1) is 16.2 Å². The molecule has 0 N–H and O–H groups in total. The van der Waals surface area contributed by atoms with Crippen LogP contribution >= 0.6 is 0 Å². The van der Waals surface area contributed by atoms with Crippen LogP contribution in [0.15, 0.2) is 108 Å². The van der Waals surface area contributed by atoms with Crippen molar-refractivity contribution in [2.45, 2.75) is 24.2 Å². The molecule has 35 heavy (non-hydrogen) atoms. The Labute approximate surface area is 204 Å². The number of ether oxygens (including phenoxy) is 1. The van der Waals surface area contributed by atoms with E-state index in [2.05, 4.69) is 0 Å². The highest BCUT2D eigenvalue weighted by atomic mass is 32.2. The molecule has 0 saturated heterocycles. The smallest absolute Gasteiger partial charge is 0.338 e. The summed E-state index contributed by atoms with van der Waals surface area (Å²) < 4.78 is 30.6. The van der Waals surface area contributed by atoms with Gasteiger partial charge in [-0.05, 0) is 42.3 Å². The number of hydrogen-bond acceptors (Lipinski definition) is 5. The summed E-state index contributed by atoms with van der Waals surface area (Å²) in [6.45, 7) is 1.96. The number of rotatable bonds is 8. The minimum absolute atomic E-state index is 0.0577. The first-order chi connectivity index (χ1) is 16.8. The van der Waals surface area contributed by atoms with Gasteiger partial charge < -0.3 is 4.74 Å². The van der Waals surface area contributed by atoms with Crippen LogP contribution < -0.4 is 0 Å². The monoisotopic (exact) mass is 484 g/mol. The van der Waals surface area contributed by atoms with Crippen molar-refractivity contribution in [2.75, 3.05) is 0 Å². The fraction of sp³-hybridized carbons (Fsp3) is 0.103. The van der Waals surface area contributed by atoms with E-state index in [1.54, 1.807) is 84.9 Å². The lowest BCUT2D eigenvalue weighted by atomic mass is 10.0. The van der Waals surface area contributed by atoms with Gasteiger partial charge in [-0.15, -0.1) is 0 Å². The van der Waals surface area contributed by atoms with Crippen LogP contribution in [0.25, 0.3) is 0 Å². The van der Waals surface area contributed by atoms with Gasteiger partial charge in [0.1, 0.15) is 6.61 Å². The molecule has 0 radical (unpaired) electrons. The van der Waals surface area contributed by atoms with Gasteiger partial charge in [-0.3, -0.25) is 4.79 Å². The Morgan fingerprint density at radius 3 is 1.83 bits per heavy atom. The fourth-order valence-electron chi connectivity index (χ4n) is 3.53. The second-order valence-corrected chi connectivity index (χ2v) is 10.2.